The third-order valence-electron chi connectivity index (χ3n) is 3.35. The van der Waals surface area contributed by atoms with Crippen molar-refractivity contribution in [3.63, 3.8) is 0 Å². The molecule has 2 aromatic carbocycles. The first-order valence-corrected chi connectivity index (χ1v) is 7.65. The molecule has 0 aliphatic carbocycles. The molecule has 3 rings (SSSR count). The van der Waals surface area contributed by atoms with Crippen molar-refractivity contribution in [1.82, 2.24) is 4.98 Å². The minimum absolute atomic E-state index is 0.0710. The molecular weight excluding hydrogens is 348 g/mol. The highest BCUT2D eigenvalue weighted by molar-refractivity contribution is 6.33. The van der Waals surface area contributed by atoms with Crippen molar-refractivity contribution in [3.8, 4) is 0 Å². The minimum Gasteiger partial charge on any atom is -0.351 e. The summed E-state index contributed by atoms with van der Waals surface area (Å²) in [6, 6.07) is 13.2. The summed E-state index contributed by atoms with van der Waals surface area (Å²) in [6.07, 6.45) is 1.36. The second-order valence-corrected chi connectivity index (χ2v) is 5.49. The van der Waals surface area contributed by atoms with E-state index in [1.165, 1.54) is 24.4 Å². The predicted molar refractivity (Wildman–Crippen MR) is 93.3 cm³/mol. The number of hydrogen-bond acceptors (Lipinski definition) is 3. The molecule has 1 aromatic heterocycles. The molecule has 2 N–H and O–H groups in total. The molecule has 0 fully saturated rings. The lowest BCUT2D eigenvalue weighted by Gasteiger charge is -2.10. The summed E-state index contributed by atoms with van der Waals surface area (Å²) in [5.74, 6) is -1.97. The van der Waals surface area contributed by atoms with Crippen LogP contribution in [-0.4, -0.2) is 10.9 Å². The topological polar surface area (TPSA) is 54.0 Å². The predicted octanol–water partition coefficient (Wildman–Crippen LogP) is 5.01. The molecule has 0 spiro atoms. The van der Waals surface area contributed by atoms with E-state index in [1.807, 2.05) is 0 Å². The van der Waals surface area contributed by atoms with Crippen LogP contribution in [0.4, 0.5) is 25.8 Å². The average Bonchev–Trinajstić information content (AvgIpc) is 2.60. The van der Waals surface area contributed by atoms with E-state index in [1.54, 1.807) is 24.3 Å². The molecule has 0 atom stereocenters. The Morgan fingerprint density at radius 1 is 1.00 bits per heavy atom. The van der Waals surface area contributed by atoms with E-state index in [4.69, 9.17) is 11.6 Å². The van der Waals surface area contributed by atoms with E-state index in [2.05, 4.69) is 15.6 Å². The van der Waals surface area contributed by atoms with Crippen LogP contribution in [0, 0.1) is 11.6 Å². The Kier molecular flexibility index (Phi) is 4.90. The van der Waals surface area contributed by atoms with Gasteiger partial charge in [-0.2, -0.15) is 0 Å². The smallest absolute Gasteiger partial charge is 0.274 e. The van der Waals surface area contributed by atoms with Crippen molar-refractivity contribution in [2.24, 2.45) is 0 Å². The van der Waals surface area contributed by atoms with Gasteiger partial charge in [0.25, 0.3) is 5.91 Å². The average molecular weight is 360 g/mol. The van der Waals surface area contributed by atoms with E-state index in [0.717, 1.165) is 12.1 Å². The Morgan fingerprint density at radius 2 is 1.72 bits per heavy atom. The maximum absolute atomic E-state index is 13.7. The summed E-state index contributed by atoms with van der Waals surface area (Å²) < 4.78 is 27.4. The second-order valence-electron chi connectivity index (χ2n) is 5.09. The Labute approximate surface area is 147 Å². The van der Waals surface area contributed by atoms with Gasteiger partial charge >= 0.3 is 0 Å². The lowest BCUT2D eigenvalue weighted by Crippen LogP contribution is -2.14. The lowest BCUT2D eigenvalue weighted by molar-refractivity contribution is 0.102. The monoisotopic (exact) mass is 359 g/mol. The van der Waals surface area contributed by atoms with Crippen LogP contribution >= 0.6 is 11.6 Å². The van der Waals surface area contributed by atoms with Crippen LogP contribution in [0.3, 0.4) is 0 Å². The summed E-state index contributed by atoms with van der Waals surface area (Å²) in [7, 11) is 0. The fourth-order valence-electron chi connectivity index (χ4n) is 2.14. The summed E-state index contributed by atoms with van der Waals surface area (Å²) in [4.78, 5) is 16.3. The molecule has 0 bridgehead atoms. The molecule has 0 aliphatic heterocycles. The van der Waals surface area contributed by atoms with Crippen LogP contribution < -0.4 is 10.6 Å². The van der Waals surface area contributed by atoms with Crippen LogP contribution in [0.25, 0.3) is 0 Å². The summed E-state index contributed by atoms with van der Waals surface area (Å²) >= 11 is 6.00. The van der Waals surface area contributed by atoms with Gasteiger partial charge in [0.15, 0.2) is 0 Å². The standard InChI is InChI=1S/C18H12ClF2N3O/c19-12-4-1-2-7-15(12)24-18(25)16-10-11(8-9-22-16)23-17-13(20)5-3-6-14(17)21/h1-10H,(H,22,23)(H,24,25). The molecule has 4 nitrogen and oxygen atoms in total. The number of hydrogen-bond donors (Lipinski definition) is 2. The lowest BCUT2D eigenvalue weighted by atomic mass is 10.2. The highest BCUT2D eigenvalue weighted by Gasteiger charge is 2.12. The number of carbonyl (C=O) groups is 1. The Hall–Kier alpha value is -2.99. The summed E-state index contributed by atoms with van der Waals surface area (Å²) in [5, 5.41) is 5.63. The number of pyridine rings is 1. The van der Waals surface area contributed by atoms with Gasteiger partial charge in [-0.15, -0.1) is 0 Å². The number of rotatable bonds is 4. The SMILES string of the molecule is O=C(Nc1ccccc1Cl)c1cc(Nc2c(F)cccc2F)ccn1. The first-order valence-electron chi connectivity index (χ1n) is 7.27. The maximum atomic E-state index is 13.7. The van der Waals surface area contributed by atoms with E-state index < -0.39 is 17.5 Å². The third-order valence-corrected chi connectivity index (χ3v) is 3.68. The number of carbonyl (C=O) groups excluding carboxylic acids is 1. The van der Waals surface area contributed by atoms with Crippen molar-refractivity contribution in [1.29, 1.82) is 0 Å². The van der Waals surface area contributed by atoms with Crippen LogP contribution in [-0.2, 0) is 0 Å². The van der Waals surface area contributed by atoms with Crippen LogP contribution in [0.5, 0.6) is 0 Å². The first-order chi connectivity index (χ1) is 12.0. The molecule has 7 heteroatoms. The molecular formula is C18H12ClF2N3O. The maximum Gasteiger partial charge on any atom is 0.274 e. The Balaban J connectivity index is 1.82. The number of nitrogens with zero attached hydrogens (tertiary/aromatic N) is 1. The molecule has 126 valence electrons. The molecule has 0 saturated carbocycles. The molecule has 0 radical (unpaired) electrons. The summed E-state index contributed by atoms with van der Waals surface area (Å²) in [6.45, 7) is 0. The van der Waals surface area contributed by atoms with Gasteiger partial charge in [0, 0.05) is 11.9 Å². The highest BCUT2D eigenvalue weighted by atomic mass is 35.5. The van der Waals surface area contributed by atoms with Crippen LogP contribution in [0.1, 0.15) is 10.5 Å². The number of halogens is 3. The van der Waals surface area contributed by atoms with Crippen molar-refractivity contribution in [3.05, 3.63) is 83.1 Å². The Morgan fingerprint density at radius 3 is 2.44 bits per heavy atom. The fraction of sp³-hybridized carbons (Fsp3) is 0. The number of nitrogens with one attached hydrogen (secondary N) is 2. The molecule has 1 amide bonds. The van der Waals surface area contributed by atoms with Crippen molar-refractivity contribution < 1.29 is 13.6 Å². The largest absolute Gasteiger partial charge is 0.351 e. The first kappa shape index (κ1) is 16.9. The Bertz CT molecular complexity index is 913. The van der Waals surface area contributed by atoms with Crippen LogP contribution in [0.2, 0.25) is 5.02 Å². The van der Waals surface area contributed by atoms with Gasteiger partial charge in [-0.05, 0) is 36.4 Å². The molecule has 25 heavy (non-hydrogen) atoms. The molecule has 3 aromatic rings. The molecule has 0 aliphatic rings. The highest BCUT2D eigenvalue weighted by Crippen LogP contribution is 2.24. The van der Waals surface area contributed by atoms with Crippen molar-refractivity contribution in [2.45, 2.75) is 0 Å². The van der Waals surface area contributed by atoms with E-state index in [0.29, 0.717) is 16.4 Å². The van der Waals surface area contributed by atoms with Gasteiger partial charge in [0.1, 0.15) is 23.0 Å². The third kappa shape index (κ3) is 3.92. The van der Waals surface area contributed by atoms with E-state index in [9.17, 15) is 13.6 Å². The van der Waals surface area contributed by atoms with E-state index in [-0.39, 0.29) is 11.4 Å². The van der Waals surface area contributed by atoms with Crippen molar-refractivity contribution in [2.75, 3.05) is 10.6 Å². The molecule has 1 heterocycles. The molecule has 0 saturated heterocycles. The second kappa shape index (κ2) is 7.27. The van der Waals surface area contributed by atoms with Gasteiger partial charge < -0.3 is 10.6 Å². The number of benzene rings is 2. The number of amides is 1. The number of anilines is 3. The zero-order valence-electron chi connectivity index (χ0n) is 12.8. The number of para-hydroxylation sites is 2. The number of aromatic nitrogens is 1. The van der Waals surface area contributed by atoms with Gasteiger partial charge in [-0.25, -0.2) is 8.78 Å². The van der Waals surface area contributed by atoms with E-state index >= 15 is 0 Å². The fourth-order valence-corrected chi connectivity index (χ4v) is 2.33. The normalized spacial score (nSPS) is 10.4. The zero-order chi connectivity index (χ0) is 17.8. The summed E-state index contributed by atoms with van der Waals surface area (Å²) in [5.41, 5.74) is 0.533. The van der Waals surface area contributed by atoms with Gasteiger partial charge in [-0.3, -0.25) is 9.78 Å². The minimum atomic E-state index is -0.737. The van der Waals surface area contributed by atoms with Crippen molar-refractivity contribution >= 4 is 34.6 Å². The van der Waals surface area contributed by atoms with Gasteiger partial charge in [0.05, 0.1) is 10.7 Å². The quantitative estimate of drug-likeness (QED) is 0.688. The molecule has 0 unspecified atom stereocenters. The van der Waals surface area contributed by atoms with Gasteiger partial charge in [-0.1, -0.05) is 29.8 Å². The van der Waals surface area contributed by atoms with Crippen LogP contribution in [0.15, 0.2) is 60.8 Å². The van der Waals surface area contributed by atoms with Gasteiger partial charge in [0.2, 0.25) is 0 Å². The zero-order valence-corrected chi connectivity index (χ0v) is 13.5.